The molecule has 164 valence electrons. The van der Waals surface area contributed by atoms with E-state index in [4.69, 9.17) is 15.2 Å². The van der Waals surface area contributed by atoms with Gasteiger partial charge in [-0.25, -0.2) is 9.59 Å². The number of carbonyl (C=O) groups excluding carboxylic acids is 3. The summed E-state index contributed by atoms with van der Waals surface area (Å²) in [5.74, 6) is -1.76. The molecule has 0 saturated heterocycles. The minimum absolute atomic E-state index is 0.0814. The maximum atomic E-state index is 12.5. The highest BCUT2D eigenvalue weighted by molar-refractivity contribution is 5.86. The molecule has 0 fully saturated rings. The van der Waals surface area contributed by atoms with Gasteiger partial charge in [0.2, 0.25) is 0 Å². The van der Waals surface area contributed by atoms with Crippen LogP contribution in [0.5, 0.6) is 0 Å². The number of benzene rings is 2. The Morgan fingerprint density at radius 2 is 1.55 bits per heavy atom. The van der Waals surface area contributed by atoms with Gasteiger partial charge in [0, 0.05) is 5.92 Å². The number of ether oxygens (including phenoxy) is 2. The molecule has 0 spiro atoms. The smallest absolute Gasteiger partial charge is 0.407 e. The molecule has 2 amide bonds. The van der Waals surface area contributed by atoms with Crippen LogP contribution in [0.1, 0.15) is 44.2 Å². The van der Waals surface area contributed by atoms with Crippen molar-refractivity contribution in [1.82, 2.24) is 5.32 Å². The van der Waals surface area contributed by atoms with Crippen LogP contribution in [0.25, 0.3) is 11.1 Å². The Balaban J connectivity index is 1.68. The van der Waals surface area contributed by atoms with Crippen LogP contribution in [0.3, 0.4) is 0 Å². The summed E-state index contributed by atoms with van der Waals surface area (Å²) in [6.45, 7) is 5.23. The van der Waals surface area contributed by atoms with Gasteiger partial charge in [-0.15, -0.1) is 0 Å². The first-order chi connectivity index (χ1) is 14.8. The lowest BCUT2D eigenvalue weighted by molar-refractivity contribution is -0.156. The Morgan fingerprint density at radius 1 is 1.00 bits per heavy atom. The van der Waals surface area contributed by atoms with E-state index in [1.807, 2.05) is 50.2 Å². The molecule has 31 heavy (non-hydrogen) atoms. The summed E-state index contributed by atoms with van der Waals surface area (Å²) in [5.41, 5.74) is 9.63. The molecule has 3 rings (SSSR count). The van der Waals surface area contributed by atoms with Crippen molar-refractivity contribution in [2.75, 3.05) is 6.61 Å². The van der Waals surface area contributed by atoms with Crippen LogP contribution in [0.15, 0.2) is 48.5 Å². The van der Waals surface area contributed by atoms with Crippen molar-refractivity contribution in [2.24, 2.45) is 11.7 Å². The largest absolute Gasteiger partial charge is 0.451 e. The van der Waals surface area contributed by atoms with E-state index >= 15 is 0 Å². The minimum Gasteiger partial charge on any atom is -0.451 e. The molecule has 0 radical (unpaired) electrons. The van der Waals surface area contributed by atoms with Crippen molar-refractivity contribution in [3.05, 3.63) is 59.7 Å². The van der Waals surface area contributed by atoms with E-state index in [2.05, 4.69) is 17.4 Å². The molecule has 7 nitrogen and oxygen atoms in total. The summed E-state index contributed by atoms with van der Waals surface area (Å²) in [4.78, 5) is 36.2. The third-order valence-corrected chi connectivity index (χ3v) is 5.78. The number of primary amides is 1. The number of rotatable bonds is 8. The fraction of sp³-hybridized carbons (Fsp3) is 0.375. The van der Waals surface area contributed by atoms with Gasteiger partial charge in [-0.2, -0.15) is 0 Å². The van der Waals surface area contributed by atoms with Crippen LogP contribution in [-0.2, 0) is 19.1 Å². The van der Waals surface area contributed by atoms with E-state index < -0.39 is 30.1 Å². The molecule has 2 aromatic rings. The highest BCUT2D eigenvalue weighted by Crippen LogP contribution is 2.44. The number of amides is 2. The quantitative estimate of drug-likeness (QED) is 0.632. The summed E-state index contributed by atoms with van der Waals surface area (Å²) >= 11 is 0. The van der Waals surface area contributed by atoms with Crippen molar-refractivity contribution in [3.8, 4) is 11.1 Å². The van der Waals surface area contributed by atoms with Gasteiger partial charge in [0.15, 0.2) is 6.10 Å². The van der Waals surface area contributed by atoms with E-state index in [1.165, 1.54) is 6.92 Å². The third kappa shape index (κ3) is 4.87. The Bertz CT molecular complexity index is 928. The first-order valence-corrected chi connectivity index (χ1v) is 10.4. The number of nitrogens with one attached hydrogen (secondary N) is 1. The van der Waals surface area contributed by atoms with Crippen molar-refractivity contribution < 1.29 is 23.9 Å². The molecule has 1 aliphatic carbocycles. The number of hydrogen-bond acceptors (Lipinski definition) is 5. The van der Waals surface area contributed by atoms with Crippen molar-refractivity contribution in [2.45, 2.75) is 45.3 Å². The molecule has 1 aliphatic rings. The maximum absolute atomic E-state index is 12.5. The Labute approximate surface area is 181 Å². The van der Waals surface area contributed by atoms with Gasteiger partial charge < -0.3 is 20.5 Å². The molecule has 0 aromatic heterocycles. The van der Waals surface area contributed by atoms with Crippen LogP contribution in [0, 0.1) is 5.92 Å². The van der Waals surface area contributed by atoms with E-state index in [1.54, 1.807) is 0 Å². The Kier molecular flexibility index (Phi) is 6.95. The molecule has 3 N–H and O–H groups in total. The lowest BCUT2D eigenvalue weighted by atomic mass is 9.98. The van der Waals surface area contributed by atoms with E-state index in [0.29, 0.717) is 6.42 Å². The van der Waals surface area contributed by atoms with Crippen LogP contribution < -0.4 is 11.1 Å². The predicted molar refractivity (Wildman–Crippen MR) is 116 cm³/mol. The average molecular weight is 424 g/mol. The molecule has 0 bridgehead atoms. The number of alkyl carbamates (subject to hydrolysis) is 1. The monoisotopic (exact) mass is 424 g/mol. The zero-order valence-corrected chi connectivity index (χ0v) is 18.0. The minimum atomic E-state index is -1.08. The molecule has 0 heterocycles. The van der Waals surface area contributed by atoms with Crippen molar-refractivity contribution in [3.63, 3.8) is 0 Å². The second kappa shape index (κ2) is 9.64. The number of fused-ring (bicyclic) bond motifs is 3. The van der Waals surface area contributed by atoms with Gasteiger partial charge in [0.05, 0.1) is 0 Å². The number of esters is 1. The van der Waals surface area contributed by atoms with Crippen molar-refractivity contribution in [1.29, 1.82) is 0 Å². The Morgan fingerprint density at radius 3 is 2.06 bits per heavy atom. The molecule has 7 heteroatoms. The summed E-state index contributed by atoms with van der Waals surface area (Å²) in [6, 6.07) is 15.1. The fourth-order valence-electron chi connectivity index (χ4n) is 3.74. The van der Waals surface area contributed by atoms with Gasteiger partial charge in [0.25, 0.3) is 5.91 Å². The number of carbonyl (C=O) groups is 3. The second-order valence-corrected chi connectivity index (χ2v) is 7.81. The van der Waals surface area contributed by atoms with E-state index in [0.717, 1.165) is 22.3 Å². The van der Waals surface area contributed by atoms with Gasteiger partial charge in [-0.3, -0.25) is 4.79 Å². The molecule has 0 unspecified atom stereocenters. The highest BCUT2D eigenvalue weighted by atomic mass is 16.6. The molecule has 3 atom stereocenters. The first-order valence-electron chi connectivity index (χ1n) is 10.4. The van der Waals surface area contributed by atoms with E-state index in [-0.39, 0.29) is 18.4 Å². The number of nitrogens with two attached hydrogens (primary N) is 1. The average Bonchev–Trinajstić information content (AvgIpc) is 3.09. The van der Waals surface area contributed by atoms with Gasteiger partial charge in [-0.05, 0) is 35.1 Å². The topological polar surface area (TPSA) is 108 Å². The molecule has 2 aromatic carbocycles. The normalized spacial score (nSPS) is 15.2. The van der Waals surface area contributed by atoms with Gasteiger partial charge >= 0.3 is 12.1 Å². The first kappa shape index (κ1) is 22.3. The zero-order valence-electron chi connectivity index (χ0n) is 18.0. The lowest BCUT2D eigenvalue weighted by Crippen LogP contribution is -2.48. The second-order valence-electron chi connectivity index (χ2n) is 7.81. The zero-order chi connectivity index (χ0) is 22.5. The molecular weight excluding hydrogens is 396 g/mol. The molecule has 0 aliphatic heterocycles. The van der Waals surface area contributed by atoms with Crippen LogP contribution in [0.2, 0.25) is 0 Å². The SMILES string of the molecule is CC[C@H](C)[C@H](NC(=O)OCC1c2ccccc2-c2ccccc21)C(=O)O[C@H](C)C(N)=O. The lowest BCUT2D eigenvalue weighted by Gasteiger charge is -2.24. The Hall–Kier alpha value is -3.35. The predicted octanol–water partition coefficient (Wildman–Crippen LogP) is 3.36. The number of hydrogen-bond donors (Lipinski definition) is 2. The molecule has 0 saturated carbocycles. The third-order valence-electron chi connectivity index (χ3n) is 5.78. The maximum Gasteiger partial charge on any atom is 0.407 e. The van der Waals surface area contributed by atoms with Crippen molar-refractivity contribution >= 4 is 18.0 Å². The highest BCUT2D eigenvalue weighted by Gasteiger charge is 2.32. The summed E-state index contributed by atoms with van der Waals surface area (Å²) in [5, 5.41) is 2.60. The molecular formula is C24H28N2O5. The summed E-state index contributed by atoms with van der Waals surface area (Å²) in [7, 11) is 0. The summed E-state index contributed by atoms with van der Waals surface area (Å²) < 4.78 is 10.6. The fourth-order valence-corrected chi connectivity index (χ4v) is 3.74. The van der Waals surface area contributed by atoms with Crippen LogP contribution >= 0.6 is 0 Å². The van der Waals surface area contributed by atoms with E-state index in [9.17, 15) is 14.4 Å². The van der Waals surface area contributed by atoms with Gasteiger partial charge in [0.1, 0.15) is 12.6 Å². The van der Waals surface area contributed by atoms with Crippen LogP contribution in [-0.4, -0.2) is 36.7 Å². The van der Waals surface area contributed by atoms with Gasteiger partial charge in [-0.1, -0.05) is 68.8 Å². The van der Waals surface area contributed by atoms with Crippen LogP contribution in [0.4, 0.5) is 4.79 Å². The summed E-state index contributed by atoms with van der Waals surface area (Å²) in [6.07, 6.45) is -1.17. The standard InChI is InChI=1S/C24H28N2O5/c1-4-14(2)21(23(28)31-15(3)22(25)27)26-24(29)30-13-20-18-11-7-5-9-16(18)17-10-6-8-12-19(17)20/h5-12,14-15,20-21H,4,13H2,1-3H3,(H2,25,27)(H,26,29)/t14-,15+,21-/m0/s1.